The number of benzene rings is 1. The second-order valence-electron chi connectivity index (χ2n) is 4.19. The molecule has 0 aliphatic carbocycles. The van der Waals surface area contributed by atoms with Crippen LogP contribution in [-0.4, -0.2) is 25.9 Å². The fourth-order valence-electron chi connectivity index (χ4n) is 2.19. The van der Waals surface area contributed by atoms with Gasteiger partial charge in [0.25, 0.3) is 0 Å². The molecule has 2 heterocycles. The summed E-state index contributed by atoms with van der Waals surface area (Å²) in [6.07, 6.45) is 3.76. The highest BCUT2D eigenvalue weighted by Crippen LogP contribution is 2.34. The molecule has 0 aromatic heterocycles. The number of hydrogen-bond donors (Lipinski definition) is 0. The van der Waals surface area contributed by atoms with Crippen molar-refractivity contribution in [3.05, 3.63) is 42.5 Å². The van der Waals surface area contributed by atoms with Crippen molar-refractivity contribution in [1.29, 1.82) is 0 Å². The highest BCUT2D eigenvalue weighted by molar-refractivity contribution is 7.87. The molecule has 1 fully saturated rings. The lowest BCUT2D eigenvalue weighted by Crippen LogP contribution is -2.32. The fourth-order valence-corrected chi connectivity index (χ4v) is 3.60. The minimum atomic E-state index is -3.62. The molecule has 0 amide bonds. The summed E-state index contributed by atoms with van der Waals surface area (Å²) in [6.45, 7) is 0. The summed E-state index contributed by atoms with van der Waals surface area (Å²) in [5.74, 6) is 0.347. The monoisotopic (exact) mass is 252 g/mol. The van der Waals surface area contributed by atoms with E-state index in [0.717, 1.165) is 0 Å². The van der Waals surface area contributed by atoms with Crippen molar-refractivity contribution < 1.29 is 17.3 Å². The first-order chi connectivity index (χ1) is 8.15. The molecule has 2 bridgehead atoms. The van der Waals surface area contributed by atoms with Gasteiger partial charge < -0.3 is 8.92 Å². The Balaban J connectivity index is 1.81. The highest BCUT2D eigenvalue weighted by Gasteiger charge is 2.45. The van der Waals surface area contributed by atoms with Crippen molar-refractivity contribution in [3.63, 3.8) is 0 Å². The minimum Gasteiger partial charge on any atom is -0.382 e. The predicted octanol–water partition coefficient (Wildman–Crippen LogP) is 1.49. The van der Waals surface area contributed by atoms with Crippen LogP contribution in [0.4, 0.5) is 0 Å². The molecule has 90 valence electrons. The van der Waals surface area contributed by atoms with Crippen LogP contribution in [0.1, 0.15) is 6.42 Å². The first-order valence-corrected chi connectivity index (χ1v) is 6.94. The molecule has 0 spiro atoms. The van der Waals surface area contributed by atoms with Crippen molar-refractivity contribution in [2.45, 2.75) is 23.9 Å². The lowest BCUT2D eigenvalue weighted by molar-refractivity contribution is 0.121. The Morgan fingerprint density at radius 2 is 1.94 bits per heavy atom. The second-order valence-corrected chi connectivity index (χ2v) is 5.95. The molecule has 2 aliphatic rings. The molecule has 1 aromatic carbocycles. The number of hydrogen-bond acceptors (Lipinski definition) is 4. The van der Waals surface area contributed by atoms with E-state index < -0.39 is 15.4 Å². The molecule has 1 aromatic rings. The summed E-state index contributed by atoms with van der Waals surface area (Å²) < 4.78 is 34.6. The van der Waals surface area contributed by atoms with E-state index in [1.54, 1.807) is 30.3 Å². The molecule has 0 N–H and O–H groups in total. The van der Waals surface area contributed by atoms with Crippen LogP contribution in [0, 0.1) is 0 Å². The van der Waals surface area contributed by atoms with E-state index in [-0.39, 0.29) is 12.2 Å². The Labute approximate surface area is 100.0 Å². The second kappa shape index (κ2) is 3.85. The van der Waals surface area contributed by atoms with E-state index in [2.05, 4.69) is 0 Å². The smallest absolute Gasteiger partial charge is 0.315 e. The van der Waals surface area contributed by atoms with Crippen LogP contribution in [0.3, 0.4) is 0 Å². The molecule has 1 saturated heterocycles. The van der Waals surface area contributed by atoms with Crippen molar-refractivity contribution >= 4 is 10.1 Å². The van der Waals surface area contributed by atoms with Gasteiger partial charge in [0.2, 0.25) is 0 Å². The Morgan fingerprint density at radius 3 is 2.53 bits per heavy atom. The number of fused-ring (bicyclic) bond motifs is 2. The third kappa shape index (κ3) is 1.96. The third-order valence-electron chi connectivity index (χ3n) is 3.00. The van der Waals surface area contributed by atoms with Gasteiger partial charge in [0.05, 0.1) is 12.2 Å². The normalized spacial score (nSPS) is 30.7. The zero-order chi connectivity index (χ0) is 11.9. The molecule has 4 nitrogen and oxygen atoms in total. The lowest BCUT2D eigenvalue weighted by Gasteiger charge is -2.16. The third-order valence-corrected chi connectivity index (χ3v) is 4.63. The first-order valence-electron chi connectivity index (χ1n) is 5.47. The van der Waals surface area contributed by atoms with Crippen molar-refractivity contribution in [2.75, 3.05) is 0 Å². The predicted molar refractivity (Wildman–Crippen MR) is 62.2 cm³/mol. The van der Waals surface area contributed by atoms with Gasteiger partial charge >= 0.3 is 10.1 Å². The van der Waals surface area contributed by atoms with E-state index >= 15 is 0 Å². The van der Waals surface area contributed by atoms with E-state index in [0.29, 0.717) is 12.2 Å². The maximum atomic E-state index is 12.1. The number of ether oxygens (including phenoxy) is 1. The van der Waals surface area contributed by atoms with Gasteiger partial charge in [0.15, 0.2) is 0 Å². The molecule has 17 heavy (non-hydrogen) atoms. The van der Waals surface area contributed by atoms with Gasteiger partial charge in [-0.1, -0.05) is 30.4 Å². The maximum Gasteiger partial charge on any atom is 0.315 e. The average molecular weight is 252 g/mol. The Morgan fingerprint density at radius 1 is 1.18 bits per heavy atom. The minimum absolute atomic E-state index is 0.0702. The zero-order valence-corrected chi connectivity index (χ0v) is 9.84. The number of rotatable bonds is 3. The summed E-state index contributed by atoms with van der Waals surface area (Å²) in [6, 6.07) is 8.54. The van der Waals surface area contributed by atoms with Gasteiger partial charge in [0.1, 0.15) is 11.0 Å². The van der Waals surface area contributed by atoms with Gasteiger partial charge in [-0.2, -0.15) is 8.42 Å². The molecule has 3 atom stereocenters. The molecule has 0 unspecified atom stereocenters. The van der Waals surface area contributed by atoms with Gasteiger partial charge in [-0.05, 0) is 12.1 Å². The standard InChI is InChI=1S/C12H12O4S/c13-17(14,16-9-4-2-1-3-5-9)12-8-10-6-7-11(12)15-10/h1-7,10-12H,8H2/t10-,11+,12+/m1/s1. The topological polar surface area (TPSA) is 52.6 Å². The highest BCUT2D eigenvalue weighted by atomic mass is 32.2. The van der Waals surface area contributed by atoms with Gasteiger partial charge in [0, 0.05) is 6.42 Å². The summed E-state index contributed by atoms with van der Waals surface area (Å²) in [5, 5.41) is -0.585. The van der Waals surface area contributed by atoms with Crippen molar-refractivity contribution in [2.24, 2.45) is 0 Å². The van der Waals surface area contributed by atoms with E-state index in [4.69, 9.17) is 8.92 Å². The summed E-state index contributed by atoms with van der Waals surface area (Å²) >= 11 is 0. The first kappa shape index (κ1) is 10.8. The van der Waals surface area contributed by atoms with Crippen LogP contribution in [0.15, 0.2) is 42.5 Å². The van der Waals surface area contributed by atoms with Gasteiger partial charge in [-0.3, -0.25) is 0 Å². The van der Waals surface area contributed by atoms with Gasteiger partial charge in [-0.25, -0.2) is 0 Å². The van der Waals surface area contributed by atoms with Crippen LogP contribution < -0.4 is 4.18 Å². The maximum absolute atomic E-state index is 12.1. The zero-order valence-electron chi connectivity index (χ0n) is 9.02. The van der Waals surface area contributed by atoms with Crippen LogP contribution in [0.25, 0.3) is 0 Å². The Kier molecular flexibility index (Phi) is 2.45. The van der Waals surface area contributed by atoms with Crippen molar-refractivity contribution in [3.8, 4) is 5.75 Å². The molecule has 2 aliphatic heterocycles. The SMILES string of the molecule is O=S(=O)(Oc1ccccc1)[C@H]1C[C@H]2C=C[C@@H]1O2. The molecule has 0 saturated carbocycles. The summed E-state index contributed by atoms with van der Waals surface area (Å²) in [5.41, 5.74) is 0. The van der Waals surface area contributed by atoms with Crippen molar-refractivity contribution in [1.82, 2.24) is 0 Å². The van der Waals surface area contributed by atoms with Crippen LogP contribution in [-0.2, 0) is 14.9 Å². The van der Waals surface area contributed by atoms with E-state index in [9.17, 15) is 8.42 Å². The van der Waals surface area contributed by atoms with Crippen LogP contribution >= 0.6 is 0 Å². The van der Waals surface area contributed by atoms with Crippen LogP contribution in [0.2, 0.25) is 0 Å². The van der Waals surface area contributed by atoms with E-state index in [1.165, 1.54) is 0 Å². The average Bonchev–Trinajstić information content (AvgIpc) is 2.91. The summed E-state index contributed by atoms with van der Waals surface area (Å²) in [7, 11) is -3.62. The molecule has 3 rings (SSSR count). The summed E-state index contributed by atoms with van der Waals surface area (Å²) in [4.78, 5) is 0. The molecular formula is C12H12O4S. The lowest BCUT2D eigenvalue weighted by atomic mass is 10.1. The molecule has 5 heteroatoms. The molecule has 0 radical (unpaired) electrons. The Bertz CT molecular complexity index is 535. The number of para-hydroxylation sites is 1. The van der Waals surface area contributed by atoms with Crippen LogP contribution in [0.5, 0.6) is 5.75 Å². The Hall–Kier alpha value is -1.33. The largest absolute Gasteiger partial charge is 0.382 e. The van der Waals surface area contributed by atoms with E-state index in [1.807, 2.05) is 12.1 Å². The fraction of sp³-hybridized carbons (Fsp3) is 0.333. The molecular weight excluding hydrogens is 240 g/mol. The van der Waals surface area contributed by atoms with Gasteiger partial charge in [-0.15, -0.1) is 0 Å². The quantitative estimate of drug-likeness (QED) is 0.604.